The lowest BCUT2D eigenvalue weighted by molar-refractivity contribution is 0.203. The average Bonchev–Trinajstić information content (AvgIpc) is 2.29. The molecule has 0 unspecified atom stereocenters. The number of sulfonamides is 1. The zero-order chi connectivity index (χ0) is 13.2. The molecule has 5 nitrogen and oxygen atoms in total. The number of nitrogens with one attached hydrogen (secondary N) is 1. The van der Waals surface area contributed by atoms with Crippen LogP contribution in [-0.2, 0) is 10.0 Å². The third kappa shape index (κ3) is 3.60. The first-order chi connectivity index (χ1) is 8.46. The van der Waals surface area contributed by atoms with Crippen molar-refractivity contribution in [2.24, 2.45) is 10.9 Å². The van der Waals surface area contributed by atoms with E-state index in [1.54, 1.807) is 0 Å². The van der Waals surface area contributed by atoms with Gasteiger partial charge in [0.15, 0.2) is 0 Å². The van der Waals surface area contributed by atoms with Gasteiger partial charge in [0.25, 0.3) is 0 Å². The van der Waals surface area contributed by atoms with Gasteiger partial charge in [-0.25, -0.2) is 8.42 Å². The van der Waals surface area contributed by atoms with Crippen LogP contribution in [0.2, 0.25) is 0 Å². The van der Waals surface area contributed by atoms with E-state index in [2.05, 4.69) is 21.5 Å². The Morgan fingerprint density at radius 1 is 1.28 bits per heavy atom. The van der Waals surface area contributed by atoms with Gasteiger partial charge in [-0.05, 0) is 38.0 Å². The van der Waals surface area contributed by atoms with Gasteiger partial charge >= 0.3 is 0 Å². The first-order valence-corrected chi connectivity index (χ1v) is 8.64. The third-order valence-corrected chi connectivity index (χ3v) is 4.35. The summed E-state index contributed by atoms with van der Waals surface area (Å²) in [6, 6.07) is 0.453. The van der Waals surface area contributed by atoms with Crippen molar-refractivity contribution in [3.63, 3.8) is 0 Å². The number of nitrogens with zero attached hydrogens (tertiary/aromatic N) is 2. The molecule has 1 saturated carbocycles. The minimum atomic E-state index is -3.23. The fraction of sp³-hybridized carbons (Fsp3) is 0.917. The Kier molecular flexibility index (Phi) is 4.14. The lowest BCUT2D eigenvalue weighted by Crippen LogP contribution is -2.52. The predicted molar refractivity (Wildman–Crippen MR) is 73.0 cm³/mol. The van der Waals surface area contributed by atoms with E-state index in [0.29, 0.717) is 12.0 Å². The van der Waals surface area contributed by atoms with E-state index in [4.69, 9.17) is 0 Å². The Bertz CT molecular complexity index is 411. The number of rotatable bonds is 2. The van der Waals surface area contributed by atoms with Crippen molar-refractivity contribution in [2.45, 2.75) is 45.1 Å². The highest BCUT2D eigenvalue weighted by Gasteiger charge is 2.28. The van der Waals surface area contributed by atoms with Crippen LogP contribution >= 0.6 is 0 Å². The Labute approximate surface area is 110 Å². The average molecular weight is 273 g/mol. The molecule has 2 rings (SSSR count). The molecule has 104 valence electrons. The molecule has 0 bridgehead atoms. The molecule has 18 heavy (non-hydrogen) atoms. The van der Waals surface area contributed by atoms with Crippen molar-refractivity contribution < 1.29 is 8.42 Å². The summed E-state index contributed by atoms with van der Waals surface area (Å²) in [5.41, 5.74) is 0. The van der Waals surface area contributed by atoms with E-state index in [1.807, 2.05) is 0 Å². The molecule has 6 heteroatoms. The van der Waals surface area contributed by atoms with E-state index in [-0.39, 0.29) is 0 Å². The first kappa shape index (κ1) is 13.6. The van der Waals surface area contributed by atoms with Crippen LogP contribution in [0, 0.1) is 5.92 Å². The lowest BCUT2D eigenvalue weighted by atomic mass is 9.86. The Morgan fingerprint density at radius 2 is 1.94 bits per heavy atom. The fourth-order valence-corrected chi connectivity index (χ4v) is 3.30. The van der Waals surface area contributed by atoms with Gasteiger partial charge in [0.05, 0.1) is 6.26 Å². The molecule has 0 saturated heterocycles. The van der Waals surface area contributed by atoms with Gasteiger partial charge in [0.2, 0.25) is 16.0 Å². The highest BCUT2D eigenvalue weighted by molar-refractivity contribution is 7.89. The fourth-order valence-electron chi connectivity index (χ4n) is 2.79. The van der Waals surface area contributed by atoms with Gasteiger partial charge in [-0.1, -0.05) is 6.92 Å². The molecule has 0 spiro atoms. The summed E-state index contributed by atoms with van der Waals surface area (Å²) in [5.74, 6) is 1.36. The topological polar surface area (TPSA) is 61.8 Å². The SMILES string of the molecule is CC1CCC(N2CCCN=C2NS(C)(=O)=O)CC1. The van der Waals surface area contributed by atoms with E-state index in [0.717, 1.165) is 38.3 Å². The largest absolute Gasteiger partial charge is 0.339 e. The van der Waals surface area contributed by atoms with Gasteiger partial charge in [0.1, 0.15) is 0 Å². The predicted octanol–water partition coefficient (Wildman–Crippen LogP) is 1.18. The summed E-state index contributed by atoms with van der Waals surface area (Å²) in [6.07, 6.45) is 6.95. The minimum Gasteiger partial charge on any atom is -0.339 e. The van der Waals surface area contributed by atoms with Gasteiger partial charge in [-0.2, -0.15) is 0 Å². The molecule has 1 aliphatic heterocycles. The Hall–Kier alpha value is -0.780. The molecule has 0 atom stereocenters. The van der Waals surface area contributed by atoms with E-state index in [9.17, 15) is 8.42 Å². The highest BCUT2D eigenvalue weighted by atomic mass is 32.2. The zero-order valence-electron chi connectivity index (χ0n) is 11.2. The Morgan fingerprint density at radius 3 is 2.56 bits per heavy atom. The van der Waals surface area contributed by atoms with Crippen molar-refractivity contribution in [2.75, 3.05) is 19.3 Å². The molecule has 1 heterocycles. The second-order valence-electron chi connectivity index (χ2n) is 5.54. The molecule has 1 fully saturated rings. The maximum atomic E-state index is 11.4. The number of aliphatic imine (C=N–C) groups is 1. The number of guanidine groups is 1. The molecule has 2 aliphatic rings. The summed E-state index contributed by atoms with van der Waals surface area (Å²) >= 11 is 0. The number of hydrogen-bond donors (Lipinski definition) is 1. The molecule has 0 aromatic heterocycles. The summed E-state index contributed by atoms with van der Waals surface area (Å²) < 4.78 is 25.3. The quantitative estimate of drug-likeness (QED) is 0.821. The smallest absolute Gasteiger partial charge is 0.232 e. The van der Waals surface area contributed by atoms with Gasteiger partial charge < -0.3 is 4.90 Å². The third-order valence-electron chi connectivity index (χ3n) is 3.79. The van der Waals surface area contributed by atoms with Crippen molar-refractivity contribution in [3.05, 3.63) is 0 Å². The van der Waals surface area contributed by atoms with Crippen LogP contribution in [0.25, 0.3) is 0 Å². The number of hydrogen-bond acceptors (Lipinski definition) is 4. The second-order valence-corrected chi connectivity index (χ2v) is 7.29. The monoisotopic (exact) mass is 273 g/mol. The molecular weight excluding hydrogens is 250 g/mol. The van der Waals surface area contributed by atoms with Crippen molar-refractivity contribution >= 4 is 16.0 Å². The van der Waals surface area contributed by atoms with Gasteiger partial charge in [-0.15, -0.1) is 0 Å². The van der Waals surface area contributed by atoms with Crippen LogP contribution < -0.4 is 4.72 Å². The standard InChI is InChI=1S/C12H23N3O2S/c1-10-4-6-11(7-5-10)15-9-3-8-13-12(15)14-18(2,16)17/h10-11H,3-9H2,1-2H3,(H,13,14). The van der Waals surface area contributed by atoms with Gasteiger partial charge in [0, 0.05) is 19.1 Å². The maximum absolute atomic E-state index is 11.4. The minimum absolute atomic E-state index is 0.453. The van der Waals surface area contributed by atoms with E-state index < -0.39 is 10.0 Å². The maximum Gasteiger partial charge on any atom is 0.232 e. The molecule has 1 aliphatic carbocycles. The van der Waals surface area contributed by atoms with Crippen LogP contribution in [0.1, 0.15) is 39.0 Å². The molecular formula is C12H23N3O2S. The van der Waals surface area contributed by atoms with Gasteiger partial charge in [-0.3, -0.25) is 9.71 Å². The molecule has 0 radical (unpaired) electrons. The van der Waals surface area contributed by atoms with Crippen molar-refractivity contribution in [1.82, 2.24) is 9.62 Å². The van der Waals surface area contributed by atoms with Crippen LogP contribution in [0.5, 0.6) is 0 Å². The molecule has 0 amide bonds. The van der Waals surface area contributed by atoms with Crippen molar-refractivity contribution in [1.29, 1.82) is 0 Å². The van der Waals surface area contributed by atoms with Crippen LogP contribution in [0.3, 0.4) is 0 Å². The van der Waals surface area contributed by atoms with Crippen molar-refractivity contribution in [3.8, 4) is 0 Å². The summed E-state index contributed by atoms with van der Waals surface area (Å²) in [5, 5.41) is 0. The van der Waals surface area contributed by atoms with Crippen LogP contribution in [0.15, 0.2) is 4.99 Å². The van der Waals surface area contributed by atoms with Crippen LogP contribution in [-0.4, -0.2) is 44.7 Å². The normalized spacial score (nSPS) is 29.9. The summed E-state index contributed by atoms with van der Waals surface area (Å²) in [7, 11) is -3.23. The Balaban J connectivity index is 2.05. The van der Waals surface area contributed by atoms with Crippen LogP contribution in [0.4, 0.5) is 0 Å². The molecule has 0 aromatic carbocycles. The lowest BCUT2D eigenvalue weighted by Gasteiger charge is -2.39. The summed E-state index contributed by atoms with van der Waals surface area (Å²) in [6.45, 7) is 3.92. The zero-order valence-corrected chi connectivity index (χ0v) is 12.0. The first-order valence-electron chi connectivity index (χ1n) is 6.74. The highest BCUT2D eigenvalue weighted by Crippen LogP contribution is 2.28. The van der Waals surface area contributed by atoms with E-state index in [1.165, 1.54) is 19.1 Å². The summed E-state index contributed by atoms with van der Waals surface area (Å²) in [4.78, 5) is 6.51. The molecule has 0 aromatic rings. The second kappa shape index (κ2) is 5.47. The van der Waals surface area contributed by atoms with E-state index >= 15 is 0 Å². The molecule has 1 N–H and O–H groups in total.